The van der Waals surface area contributed by atoms with E-state index in [2.05, 4.69) is 31.3 Å². The highest BCUT2D eigenvalue weighted by atomic mass is 79.9. The molecule has 0 saturated heterocycles. The van der Waals surface area contributed by atoms with E-state index in [-0.39, 0.29) is 6.79 Å². The van der Waals surface area contributed by atoms with Crippen molar-refractivity contribution in [2.75, 3.05) is 12.1 Å². The number of hydrogen-bond donors (Lipinski definition) is 1. The van der Waals surface area contributed by atoms with Crippen LogP contribution in [0.25, 0.3) is 5.65 Å². The fourth-order valence-corrected chi connectivity index (χ4v) is 2.56. The second-order valence-corrected chi connectivity index (χ2v) is 5.51. The van der Waals surface area contributed by atoms with E-state index in [1.54, 1.807) is 4.52 Å². The maximum absolute atomic E-state index is 5.48. The Morgan fingerprint density at radius 2 is 2.19 bits per heavy atom. The van der Waals surface area contributed by atoms with Crippen molar-refractivity contribution in [2.45, 2.75) is 6.54 Å². The second-order valence-electron chi connectivity index (χ2n) is 4.59. The van der Waals surface area contributed by atoms with Gasteiger partial charge in [0.05, 0.1) is 0 Å². The van der Waals surface area contributed by atoms with Gasteiger partial charge in [0.25, 0.3) is 0 Å². The molecule has 0 spiro atoms. The molecular weight excluding hydrogens is 336 g/mol. The van der Waals surface area contributed by atoms with Crippen LogP contribution >= 0.6 is 15.9 Å². The van der Waals surface area contributed by atoms with Crippen LogP contribution in [0.5, 0.6) is 11.5 Å². The van der Waals surface area contributed by atoms with Crippen LogP contribution in [0.2, 0.25) is 0 Å². The van der Waals surface area contributed by atoms with Gasteiger partial charge < -0.3 is 14.8 Å². The third kappa shape index (κ3) is 2.29. The van der Waals surface area contributed by atoms with Crippen molar-refractivity contribution in [1.29, 1.82) is 0 Å². The predicted octanol–water partition coefficient (Wildman–Crippen LogP) is 2.83. The molecular formula is C14H11BrN4O2. The van der Waals surface area contributed by atoms with Crippen molar-refractivity contribution in [3.63, 3.8) is 0 Å². The Balaban J connectivity index is 1.57. The Hall–Kier alpha value is -2.28. The lowest BCUT2D eigenvalue weighted by atomic mass is 10.2. The molecule has 0 atom stereocenters. The first-order valence-corrected chi connectivity index (χ1v) is 7.22. The monoisotopic (exact) mass is 346 g/mol. The summed E-state index contributed by atoms with van der Waals surface area (Å²) in [5, 5.41) is 7.58. The van der Waals surface area contributed by atoms with Crippen LogP contribution < -0.4 is 14.8 Å². The zero-order valence-corrected chi connectivity index (χ0v) is 12.5. The minimum absolute atomic E-state index is 0.271. The Labute approximate surface area is 128 Å². The summed E-state index contributed by atoms with van der Waals surface area (Å²) in [5.74, 6) is 2.14. The number of nitrogens with one attached hydrogen (secondary N) is 1. The Morgan fingerprint density at radius 3 is 3.14 bits per heavy atom. The molecule has 0 fully saturated rings. The number of para-hydroxylation sites is 1. The lowest BCUT2D eigenvalue weighted by Gasteiger charge is -2.05. The van der Waals surface area contributed by atoms with E-state index in [0.29, 0.717) is 12.5 Å². The molecule has 1 N–H and O–H groups in total. The molecule has 0 amide bonds. The highest BCUT2D eigenvalue weighted by molar-refractivity contribution is 9.10. The maximum atomic E-state index is 5.48. The number of pyridine rings is 1. The number of ether oxygens (including phenoxy) is 2. The van der Waals surface area contributed by atoms with Crippen molar-refractivity contribution >= 4 is 27.5 Å². The largest absolute Gasteiger partial charge is 0.454 e. The summed E-state index contributed by atoms with van der Waals surface area (Å²) in [7, 11) is 0. The summed E-state index contributed by atoms with van der Waals surface area (Å²) < 4.78 is 13.5. The standard InChI is InChI=1S/C14H11BrN4O2/c15-10-4-5-12-17-14(18-19(12)7-10)16-6-9-2-1-3-11-13(9)21-8-20-11/h1-5,7H,6,8H2,(H,16,18). The number of rotatable bonds is 3. The van der Waals surface area contributed by atoms with Crippen molar-refractivity contribution in [3.8, 4) is 11.5 Å². The predicted molar refractivity (Wildman–Crippen MR) is 80.6 cm³/mol. The van der Waals surface area contributed by atoms with E-state index in [9.17, 15) is 0 Å². The molecule has 3 heterocycles. The summed E-state index contributed by atoms with van der Waals surface area (Å²) in [6, 6.07) is 9.67. The molecule has 1 aromatic carbocycles. The molecule has 21 heavy (non-hydrogen) atoms. The van der Waals surface area contributed by atoms with Gasteiger partial charge in [-0.3, -0.25) is 0 Å². The number of nitrogens with zero attached hydrogens (tertiary/aromatic N) is 3. The molecule has 106 valence electrons. The van der Waals surface area contributed by atoms with Gasteiger partial charge in [0, 0.05) is 22.8 Å². The van der Waals surface area contributed by atoms with E-state index in [1.807, 2.05) is 36.5 Å². The smallest absolute Gasteiger partial charge is 0.243 e. The fraction of sp³-hybridized carbons (Fsp3) is 0.143. The van der Waals surface area contributed by atoms with Gasteiger partial charge in [-0.2, -0.15) is 4.98 Å². The van der Waals surface area contributed by atoms with Gasteiger partial charge in [0.2, 0.25) is 12.7 Å². The van der Waals surface area contributed by atoms with Gasteiger partial charge in [-0.15, -0.1) is 5.10 Å². The van der Waals surface area contributed by atoms with Gasteiger partial charge in [-0.1, -0.05) is 12.1 Å². The van der Waals surface area contributed by atoms with Gasteiger partial charge in [-0.05, 0) is 34.1 Å². The van der Waals surface area contributed by atoms with Crippen molar-refractivity contribution < 1.29 is 9.47 Å². The Morgan fingerprint density at radius 1 is 1.24 bits per heavy atom. The molecule has 0 saturated carbocycles. The van der Waals surface area contributed by atoms with Gasteiger partial charge in [0.1, 0.15) is 0 Å². The van der Waals surface area contributed by atoms with Crippen LogP contribution in [0.3, 0.4) is 0 Å². The molecule has 0 unspecified atom stereocenters. The molecule has 0 bridgehead atoms. The number of hydrogen-bond acceptors (Lipinski definition) is 5. The molecule has 2 aromatic heterocycles. The number of anilines is 1. The lowest BCUT2D eigenvalue weighted by molar-refractivity contribution is 0.173. The van der Waals surface area contributed by atoms with Crippen LogP contribution in [0.15, 0.2) is 41.0 Å². The van der Waals surface area contributed by atoms with E-state index >= 15 is 0 Å². The van der Waals surface area contributed by atoms with Gasteiger partial charge in [-0.25, -0.2) is 4.52 Å². The Bertz CT molecular complexity index is 818. The van der Waals surface area contributed by atoms with Crippen LogP contribution in [0.1, 0.15) is 5.56 Å². The summed E-state index contributed by atoms with van der Waals surface area (Å²) in [5.41, 5.74) is 1.81. The summed E-state index contributed by atoms with van der Waals surface area (Å²) in [4.78, 5) is 4.41. The first kappa shape index (κ1) is 12.5. The molecule has 3 aromatic rings. The SMILES string of the molecule is Brc1ccc2nc(NCc3cccc4c3OCO4)nn2c1. The number of halogens is 1. The zero-order valence-electron chi connectivity index (χ0n) is 10.9. The highest BCUT2D eigenvalue weighted by Gasteiger charge is 2.17. The average molecular weight is 347 g/mol. The number of aromatic nitrogens is 3. The maximum Gasteiger partial charge on any atom is 0.243 e. The summed E-state index contributed by atoms with van der Waals surface area (Å²) in [6.45, 7) is 0.845. The highest BCUT2D eigenvalue weighted by Crippen LogP contribution is 2.35. The fourth-order valence-electron chi connectivity index (χ4n) is 2.24. The molecule has 1 aliphatic heterocycles. The van der Waals surface area contributed by atoms with Gasteiger partial charge in [0.15, 0.2) is 17.1 Å². The second kappa shape index (κ2) is 4.92. The number of benzene rings is 1. The summed E-state index contributed by atoms with van der Waals surface area (Å²) >= 11 is 3.41. The van der Waals surface area contributed by atoms with Crippen LogP contribution in [-0.4, -0.2) is 21.4 Å². The first-order valence-electron chi connectivity index (χ1n) is 6.43. The molecule has 1 aliphatic rings. The van der Waals surface area contributed by atoms with Crippen molar-refractivity contribution in [2.24, 2.45) is 0 Å². The van der Waals surface area contributed by atoms with Crippen molar-refractivity contribution in [3.05, 3.63) is 46.6 Å². The average Bonchev–Trinajstić information content (AvgIpc) is 3.10. The zero-order chi connectivity index (χ0) is 14.2. The van der Waals surface area contributed by atoms with E-state index in [0.717, 1.165) is 27.2 Å². The van der Waals surface area contributed by atoms with Crippen LogP contribution in [0, 0.1) is 0 Å². The summed E-state index contributed by atoms with van der Waals surface area (Å²) in [6.07, 6.45) is 1.87. The van der Waals surface area contributed by atoms with Crippen LogP contribution in [0.4, 0.5) is 5.95 Å². The topological polar surface area (TPSA) is 60.7 Å². The molecule has 7 heteroatoms. The third-order valence-electron chi connectivity index (χ3n) is 3.21. The normalized spacial score (nSPS) is 12.8. The molecule has 0 aliphatic carbocycles. The lowest BCUT2D eigenvalue weighted by Crippen LogP contribution is -2.02. The minimum Gasteiger partial charge on any atom is -0.454 e. The number of fused-ring (bicyclic) bond motifs is 2. The van der Waals surface area contributed by atoms with Crippen LogP contribution in [-0.2, 0) is 6.54 Å². The minimum atomic E-state index is 0.271. The van der Waals surface area contributed by atoms with E-state index in [4.69, 9.17) is 9.47 Å². The third-order valence-corrected chi connectivity index (χ3v) is 3.68. The van der Waals surface area contributed by atoms with E-state index < -0.39 is 0 Å². The van der Waals surface area contributed by atoms with E-state index in [1.165, 1.54) is 0 Å². The Kier molecular flexibility index (Phi) is 2.92. The first-order chi connectivity index (χ1) is 10.3. The molecule has 4 rings (SSSR count). The molecule has 6 nitrogen and oxygen atoms in total. The quantitative estimate of drug-likeness (QED) is 0.790. The molecule has 0 radical (unpaired) electrons. The van der Waals surface area contributed by atoms with Gasteiger partial charge >= 0.3 is 0 Å². The van der Waals surface area contributed by atoms with Crippen molar-refractivity contribution in [1.82, 2.24) is 14.6 Å².